The lowest BCUT2D eigenvalue weighted by Gasteiger charge is -2.04. The molecule has 0 amide bonds. The van der Waals surface area contributed by atoms with Crippen LogP contribution in [0, 0.1) is 0 Å². The third-order valence-corrected chi connectivity index (χ3v) is 2.76. The van der Waals surface area contributed by atoms with Crippen LogP contribution >= 0.6 is 0 Å². The number of benzene rings is 1. The van der Waals surface area contributed by atoms with Gasteiger partial charge < -0.3 is 4.89 Å². The van der Waals surface area contributed by atoms with E-state index in [9.17, 15) is 0 Å². The number of nitrogens with zero attached hydrogens (tertiary/aromatic N) is 3. The van der Waals surface area contributed by atoms with E-state index in [2.05, 4.69) is 21.1 Å². The Morgan fingerprint density at radius 2 is 1.36 bits per heavy atom. The number of nitrogens with one attached hydrogen (secondary N) is 1. The summed E-state index contributed by atoms with van der Waals surface area (Å²) in [6, 6.07) is 7.43. The lowest BCUT2D eigenvalue weighted by atomic mass is 10.2. The van der Waals surface area contributed by atoms with Crippen molar-refractivity contribution in [3.63, 3.8) is 0 Å². The van der Waals surface area contributed by atoms with Crippen molar-refractivity contribution in [1.82, 2.24) is 5.59 Å². The van der Waals surface area contributed by atoms with Crippen LogP contribution in [-0.4, -0.2) is 6.21 Å². The van der Waals surface area contributed by atoms with Crippen molar-refractivity contribution in [2.45, 2.75) is 0 Å². The van der Waals surface area contributed by atoms with Crippen LogP contribution in [0.5, 0.6) is 5.75 Å². The Morgan fingerprint density at radius 1 is 0.720 bits per heavy atom. The van der Waals surface area contributed by atoms with Crippen LogP contribution in [0.1, 0.15) is 5.56 Å². The molecule has 0 unspecified atom stereocenters. The Labute approximate surface area is 146 Å². The van der Waals surface area contributed by atoms with Crippen LogP contribution in [0.25, 0.3) is 6.08 Å². The van der Waals surface area contributed by atoms with Crippen LogP contribution in [-0.2, 0) is 4.99 Å². The molecule has 25 heavy (non-hydrogen) atoms. The highest BCUT2D eigenvalue weighted by Gasteiger charge is 1.99. The molecule has 2 rings (SSSR count). The maximum Gasteiger partial charge on any atom is 0.175 e. The van der Waals surface area contributed by atoms with E-state index >= 15 is 0 Å². The predicted octanol–water partition coefficient (Wildman–Crippen LogP) is 4.66. The Morgan fingerprint density at radius 3 is 2.12 bits per heavy atom. The second kappa shape index (κ2) is 12.0. The van der Waals surface area contributed by atoms with Gasteiger partial charge in [0, 0.05) is 5.56 Å². The first-order valence-corrected chi connectivity index (χ1v) is 7.57. The topological polar surface area (TPSA) is 67.6 Å². The van der Waals surface area contributed by atoms with E-state index < -0.39 is 0 Å². The van der Waals surface area contributed by atoms with Gasteiger partial charge in [-0.05, 0) is 27.6 Å². The molecular formula is C19H18N4O2. The lowest BCUT2D eigenvalue weighted by Crippen LogP contribution is -2.09. The van der Waals surface area contributed by atoms with E-state index in [-0.39, 0.29) is 0 Å². The molecule has 0 atom stereocenters. The van der Waals surface area contributed by atoms with Gasteiger partial charge in [0.2, 0.25) is 0 Å². The minimum atomic E-state index is 0.539. The fourth-order valence-electron chi connectivity index (χ4n) is 1.67. The molecule has 1 N–H and O–H groups in total. The molecule has 0 saturated heterocycles. The maximum atomic E-state index is 5.15. The molecule has 0 saturated carbocycles. The van der Waals surface area contributed by atoms with E-state index in [0.717, 1.165) is 5.56 Å². The highest BCUT2D eigenvalue weighted by Crippen LogP contribution is 2.19. The van der Waals surface area contributed by atoms with Gasteiger partial charge in [-0.15, -0.1) is 10.7 Å². The first-order valence-electron chi connectivity index (χ1n) is 7.57. The predicted molar refractivity (Wildman–Crippen MR) is 99.4 cm³/mol. The summed E-state index contributed by atoms with van der Waals surface area (Å²) in [6.07, 6.45) is 24.3. The minimum Gasteiger partial charge on any atom is -0.312 e. The summed E-state index contributed by atoms with van der Waals surface area (Å²) in [5.41, 5.74) is 3.04. The van der Waals surface area contributed by atoms with Crippen molar-refractivity contribution in [3.8, 4) is 5.75 Å². The molecular weight excluding hydrogens is 316 g/mol. The van der Waals surface area contributed by atoms with Crippen LogP contribution in [0.15, 0.2) is 107 Å². The van der Waals surface area contributed by atoms with E-state index in [1.54, 1.807) is 12.1 Å². The van der Waals surface area contributed by atoms with Crippen molar-refractivity contribution < 1.29 is 9.88 Å². The summed E-state index contributed by atoms with van der Waals surface area (Å²) in [5.74, 6) is 0.539. The van der Waals surface area contributed by atoms with Gasteiger partial charge in [0.1, 0.15) is 0 Å². The SMILES string of the molecule is C1=C\C=C/C=C\C=N/N=N\NOOc2ccccc2/C=C\C=C\C=C1. The zero-order valence-electron chi connectivity index (χ0n) is 13.5. The summed E-state index contributed by atoms with van der Waals surface area (Å²) >= 11 is 0. The zero-order chi connectivity index (χ0) is 17.4. The first kappa shape index (κ1) is 17.8. The molecule has 126 valence electrons. The smallest absolute Gasteiger partial charge is 0.175 e. The van der Waals surface area contributed by atoms with Crippen LogP contribution < -0.4 is 10.5 Å². The Hall–Kier alpha value is -3.51. The van der Waals surface area contributed by atoms with Crippen molar-refractivity contribution >= 4 is 12.3 Å². The number of rotatable bonds is 0. The van der Waals surface area contributed by atoms with Gasteiger partial charge in [-0.25, -0.2) is 0 Å². The van der Waals surface area contributed by atoms with E-state index in [0.29, 0.717) is 5.75 Å². The number of allylic oxidation sites excluding steroid dienone is 11. The molecule has 6 nitrogen and oxygen atoms in total. The fourth-order valence-corrected chi connectivity index (χ4v) is 1.67. The van der Waals surface area contributed by atoms with Gasteiger partial charge in [-0.2, -0.15) is 0 Å². The third-order valence-electron chi connectivity index (χ3n) is 2.76. The quantitative estimate of drug-likeness (QED) is 0.702. The van der Waals surface area contributed by atoms with E-state index in [4.69, 9.17) is 9.88 Å². The van der Waals surface area contributed by atoms with Crippen molar-refractivity contribution in [2.75, 3.05) is 0 Å². The van der Waals surface area contributed by atoms with Gasteiger partial charge in [-0.1, -0.05) is 85.0 Å². The monoisotopic (exact) mass is 334 g/mol. The largest absolute Gasteiger partial charge is 0.312 e. The van der Waals surface area contributed by atoms with Crippen LogP contribution in [0.4, 0.5) is 0 Å². The van der Waals surface area contributed by atoms with Gasteiger partial charge in [0.05, 0.1) is 6.21 Å². The van der Waals surface area contributed by atoms with Gasteiger partial charge in [0.25, 0.3) is 0 Å². The molecule has 0 spiro atoms. The van der Waals surface area contributed by atoms with E-state index in [1.165, 1.54) is 6.21 Å². The number of fused-ring (bicyclic) bond motifs is 1. The Kier molecular flexibility index (Phi) is 8.55. The molecule has 0 aromatic heterocycles. The molecule has 0 fully saturated rings. The number of hydrogen-bond donors (Lipinski definition) is 1. The molecule has 1 aromatic carbocycles. The normalized spacial score (nSPS) is 22.9. The average molecular weight is 334 g/mol. The summed E-state index contributed by atoms with van der Waals surface area (Å²) in [5, 5.41) is 10.6. The Bertz CT molecular complexity index is 756. The Balaban J connectivity index is 2.09. The second-order valence-corrected chi connectivity index (χ2v) is 4.53. The molecule has 0 aliphatic carbocycles. The third kappa shape index (κ3) is 8.06. The van der Waals surface area contributed by atoms with Crippen molar-refractivity contribution in [1.29, 1.82) is 0 Å². The lowest BCUT2D eigenvalue weighted by molar-refractivity contribution is -0.260. The summed E-state index contributed by atoms with van der Waals surface area (Å²) in [6.45, 7) is 0. The second-order valence-electron chi connectivity index (χ2n) is 4.53. The number of para-hydroxylation sites is 1. The average Bonchev–Trinajstić information content (AvgIpc) is 2.64. The summed E-state index contributed by atoms with van der Waals surface area (Å²) in [7, 11) is 0. The molecule has 6 heteroatoms. The summed E-state index contributed by atoms with van der Waals surface area (Å²) in [4.78, 5) is 9.92. The van der Waals surface area contributed by atoms with Crippen molar-refractivity contribution in [3.05, 3.63) is 96.7 Å². The number of hydrogen-bond acceptors (Lipinski definition) is 6. The van der Waals surface area contributed by atoms with Gasteiger partial charge >= 0.3 is 0 Å². The molecule has 1 heterocycles. The van der Waals surface area contributed by atoms with Crippen LogP contribution in [0.3, 0.4) is 0 Å². The standard InChI is InChI=1S/C19H18N4O2/c1-2-4-6-8-10-14-18-15-11-12-16-19(18)24-25-23-22-21-20-17-13-9-7-5-3-1/h1-17H,(H,21,23)/b3-1?,4-2?,7-5-,8-6+,13-9-,14-10-,20-17-. The molecule has 0 radical (unpaired) electrons. The maximum absolute atomic E-state index is 5.15. The van der Waals surface area contributed by atoms with Gasteiger partial charge in [-0.3, -0.25) is 0 Å². The molecule has 1 aliphatic heterocycles. The van der Waals surface area contributed by atoms with Crippen LogP contribution in [0.2, 0.25) is 0 Å². The molecule has 1 aromatic rings. The van der Waals surface area contributed by atoms with E-state index in [1.807, 2.05) is 85.0 Å². The minimum absolute atomic E-state index is 0.539. The summed E-state index contributed by atoms with van der Waals surface area (Å²) < 4.78 is 0. The zero-order valence-corrected chi connectivity index (χ0v) is 13.5. The van der Waals surface area contributed by atoms with Crippen molar-refractivity contribution in [2.24, 2.45) is 15.5 Å². The molecule has 0 bridgehead atoms. The highest BCUT2D eigenvalue weighted by molar-refractivity contribution is 5.71. The first-order chi connectivity index (χ1) is 12.5. The highest BCUT2D eigenvalue weighted by atomic mass is 17.3. The van der Waals surface area contributed by atoms with Gasteiger partial charge in [0.15, 0.2) is 5.75 Å². The fraction of sp³-hybridized carbons (Fsp3) is 0. The molecule has 1 aliphatic rings.